The molecule has 0 radical (unpaired) electrons. The third-order valence-electron chi connectivity index (χ3n) is 5.27. The highest BCUT2D eigenvalue weighted by Gasteiger charge is 2.19. The number of benzene rings is 2. The van der Waals surface area contributed by atoms with Crippen molar-refractivity contribution in [2.24, 2.45) is 19.2 Å². The van der Waals surface area contributed by atoms with Gasteiger partial charge in [-0.05, 0) is 12.5 Å². The first-order valence-corrected chi connectivity index (χ1v) is 10.0. The van der Waals surface area contributed by atoms with Crippen LogP contribution in [0.2, 0.25) is 0 Å². The highest BCUT2D eigenvalue weighted by atomic mass is 16.6. The maximum absolute atomic E-state index is 12.9. The van der Waals surface area contributed by atoms with Crippen molar-refractivity contribution in [3.05, 3.63) is 96.2 Å². The van der Waals surface area contributed by atoms with Crippen molar-refractivity contribution >= 4 is 29.0 Å². The molecule has 1 N–H and O–H groups in total. The van der Waals surface area contributed by atoms with Gasteiger partial charge in [-0.25, -0.2) is 10.2 Å². The quantitative estimate of drug-likeness (QED) is 0.274. The van der Waals surface area contributed by atoms with E-state index in [1.165, 1.54) is 30.0 Å². The molecule has 0 bridgehead atoms. The zero-order chi connectivity index (χ0) is 23.7. The molecule has 0 atom stereocenters. The number of aromatic nitrogens is 4. The number of anilines is 1. The Morgan fingerprint density at radius 1 is 1.12 bits per heavy atom. The van der Waals surface area contributed by atoms with Crippen LogP contribution in [-0.2, 0) is 20.6 Å². The molecule has 4 rings (SSSR count). The van der Waals surface area contributed by atoms with Crippen LogP contribution in [-0.4, -0.2) is 29.8 Å². The number of hydrogen-bond donors (Lipinski definition) is 1. The van der Waals surface area contributed by atoms with E-state index in [9.17, 15) is 19.7 Å². The van der Waals surface area contributed by atoms with E-state index in [1.54, 1.807) is 23.7 Å². The Morgan fingerprint density at radius 3 is 2.55 bits per heavy atom. The fourth-order valence-electron chi connectivity index (χ4n) is 3.45. The van der Waals surface area contributed by atoms with Crippen LogP contribution in [0.3, 0.4) is 0 Å². The van der Waals surface area contributed by atoms with E-state index >= 15 is 0 Å². The predicted octanol–water partition coefficient (Wildman–Crippen LogP) is 2.14. The summed E-state index contributed by atoms with van der Waals surface area (Å²) in [6, 6.07) is 13.8. The molecule has 0 aliphatic heterocycles. The summed E-state index contributed by atoms with van der Waals surface area (Å²) >= 11 is 0. The van der Waals surface area contributed by atoms with Crippen LogP contribution in [0.5, 0.6) is 0 Å². The van der Waals surface area contributed by atoms with E-state index in [1.807, 2.05) is 31.2 Å². The minimum absolute atomic E-state index is 0.0518. The summed E-state index contributed by atoms with van der Waals surface area (Å²) in [5.74, 6) is 0.255. The van der Waals surface area contributed by atoms with Crippen LogP contribution < -0.4 is 16.7 Å². The van der Waals surface area contributed by atoms with Gasteiger partial charge in [0, 0.05) is 31.8 Å². The van der Waals surface area contributed by atoms with Gasteiger partial charge in [0.25, 0.3) is 11.2 Å². The number of rotatable bonds is 6. The number of nitrogens with one attached hydrogen (secondary N) is 1. The molecule has 0 aliphatic rings. The third-order valence-corrected chi connectivity index (χ3v) is 5.27. The Morgan fingerprint density at radius 2 is 1.85 bits per heavy atom. The van der Waals surface area contributed by atoms with E-state index in [4.69, 9.17) is 0 Å². The maximum atomic E-state index is 12.9. The van der Waals surface area contributed by atoms with Gasteiger partial charge < -0.3 is 0 Å². The lowest BCUT2D eigenvalue weighted by atomic mass is 10.1. The summed E-state index contributed by atoms with van der Waals surface area (Å²) in [4.78, 5) is 40.3. The highest BCUT2D eigenvalue weighted by Crippen LogP contribution is 2.18. The number of nitro groups is 1. The molecule has 11 nitrogen and oxygen atoms in total. The summed E-state index contributed by atoms with van der Waals surface area (Å²) in [5, 5.41) is 15.1. The van der Waals surface area contributed by atoms with E-state index < -0.39 is 16.2 Å². The Hall–Kier alpha value is -4.54. The summed E-state index contributed by atoms with van der Waals surface area (Å²) in [7, 11) is 2.96. The number of hydrogen-bond acceptors (Lipinski definition) is 7. The molecule has 0 aliphatic carbocycles. The van der Waals surface area contributed by atoms with Gasteiger partial charge in [0.2, 0.25) is 5.95 Å². The molecule has 2 aromatic carbocycles. The molecule has 33 heavy (non-hydrogen) atoms. The minimum Gasteiger partial charge on any atom is -0.298 e. The van der Waals surface area contributed by atoms with Crippen molar-refractivity contribution in [2.45, 2.75) is 13.5 Å². The maximum Gasteiger partial charge on any atom is 0.332 e. The fraction of sp³-hybridized carbons (Fsp3) is 0.182. The second kappa shape index (κ2) is 8.54. The summed E-state index contributed by atoms with van der Waals surface area (Å²) < 4.78 is 4.00. The minimum atomic E-state index is -0.487. The molecule has 4 aromatic rings. The molecule has 0 spiro atoms. The average Bonchev–Trinajstić information content (AvgIpc) is 3.16. The summed E-state index contributed by atoms with van der Waals surface area (Å²) in [6.45, 7) is 2.30. The molecule has 0 fully saturated rings. The van der Waals surface area contributed by atoms with Crippen molar-refractivity contribution in [2.75, 3.05) is 5.43 Å². The first-order valence-electron chi connectivity index (χ1n) is 10.0. The van der Waals surface area contributed by atoms with Gasteiger partial charge in [0.15, 0.2) is 11.2 Å². The molecule has 2 heterocycles. The SMILES string of the molecule is Cc1ccc(Cn2c(N/N=C/c3cccc([N+](=O)[O-])c3)nc3c2c(=O)n(C)c(=O)n3C)cc1. The van der Waals surface area contributed by atoms with E-state index in [2.05, 4.69) is 15.5 Å². The molecule has 0 amide bonds. The standard InChI is InChI=1S/C22H21N7O4/c1-14-7-9-15(10-8-14)13-28-18-19(26(2)22(31)27(3)20(18)30)24-21(28)25-23-12-16-5-4-6-17(11-16)29(32)33/h4-12H,13H2,1-3H3,(H,24,25)/b23-12+. The zero-order valence-electron chi connectivity index (χ0n) is 18.2. The van der Waals surface area contributed by atoms with Gasteiger partial charge >= 0.3 is 5.69 Å². The Labute approximate surface area is 187 Å². The summed E-state index contributed by atoms with van der Waals surface area (Å²) in [6.07, 6.45) is 1.42. The van der Waals surface area contributed by atoms with Gasteiger partial charge in [-0.2, -0.15) is 10.1 Å². The monoisotopic (exact) mass is 447 g/mol. The van der Waals surface area contributed by atoms with Crippen molar-refractivity contribution < 1.29 is 4.92 Å². The van der Waals surface area contributed by atoms with Gasteiger partial charge in [0.05, 0.1) is 17.7 Å². The van der Waals surface area contributed by atoms with Crippen LogP contribution in [0, 0.1) is 17.0 Å². The van der Waals surface area contributed by atoms with Gasteiger partial charge in [0.1, 0.15) is 0 Å². The lowest BCUT2D eigenvalue weighted by Crippen LogP contribution is -2.37. The van der Waals surface area contributed by atoms with E-state index in [0.29, 0.717) is 12.1 Å². The number of aryl methyl sites for hydroxylation is 2. The first-order chi connectivity index (χ1) is 15.8. The predicted molar refractivity (Wildman–Crippen MR) is 125 cm³/mol. The average molecular weight is 447 g/mol. The topological polar surface area (TPSA) is 129 Å². The smallest absolute Gasteiger partial charge is 0.298 e. The zero-order valence-corrected chi connectivity index (χ0v) is 18.2. The number of non-ortho nitro benzene ring substituents is 1. The first kappa shape index (κ1) is 21.7. The second-order valence-corrected chi connectivity index (χ2v) is 7.61. The third kappa shape index (κ3) is 4.15. The van der Waals surface area contributed by atoms with Crippen molar-refractivity contribution in [3.8, 4) is 0 Å². The van der Waals surface area contributed by atoms with Gasteiger partial charge in [-0.15, -0.1) is 0 Å². The van der Waals surface area contributed by atoms with Gasteiger partial charge in [-0.3, -0.25) is 28.6 Å². The molecular formula is C22H21N7O4. The second-order valence-electron chi connectivity index (χ2n) is 7.61. The molecule has 2 aromatic heterocycles. The molecule has 0 saturated heterocycles. The molecule has 168 valence electrons. The van der Waals surface area contributed by atoms with Crippen molar-refractivity contribution in [1.29, 1.82) is 0 Å². The number of nitro benzene ring substituents is 1. The number of nitrogens with zero attached hydrogens (tertiary/aromatic N) is 6. The molecule has 0 saturated carbocycles. The van der Waals surface area contributed by atoms with E-state index in [0.717, 1.165) is 15.7 Å². The van der Waals surface area contributed by atoms with Crippen LogP contribution >= 0.6 is 0 Å². The Bertz CT molecular complexity index is 1510. The molecule has 11 heteroatoms. The van der Waals surface area contributed by atoms with Crippen LogP contribution in [0.15, 0.2) is 63.2 Å². The largest absolute Gasteiger partial charge is 0.332 e. The van der Waals surface area contributed by atoms with Crippen LogP contribution in [0.4, 0.5) is 11.6 Å². The van der Waals surface area contributed by atoms with Crippen molar-refractivity contribution in [1.82, 2.24) is 18.7 Å². The van der Waals surface area contributed by atoms with E-state index in [-0.39, 0.29) is 22.8 Å². The normalized spacial score (nSPS) is 11.4. The Kier molecular flexibility index (Phi) is 5.61. The van der Waals surface area contributed by atoms with Gasteiger partial charge in [-0.1, -0.05) is 42.0 Å². The van der Waals surface area contributed by atoms with Crippen LogP contribution in [0.25, 0.3) is 11.2 Å². The Balaban J connectivity index is 1.79. The van der Waals surface area contributed by atoms with Crippen molar-refractivity contribution in [3.63, 3.8) is 0 Å². The lowest BCUT2D eigenvalue weighted by molar-refractivity contribution is -0.384. The number of hydrazone groups is 1. The highest BCUT2D eigenvalue weighted by molar-refractivity contribution is 5.81. The molecule has 0 unspecified atom stereocenters. The number of fused-ring (bicyclic) bond motifs is 1. The fourth-order valence-corrected chi connectivity index (χ4v) is 3.45. The number of imidazole rings is 1. The lowest BCUT2D eigenvalue weighted by Gasteiger charge is -2.09. The molecular weight excluding hydrogens is 426 g/mol. The van der Waals surface area contributed by atoms with Crippen LogP contribution in [0.1, 0.15) is 16.7 Å². The summed E-state index contributed by atoms with van der Waals surface area (Å²) in [5.41, 5.74) is 4.84.